The number of hydrogen-bond donors (Lipinski definition) is 1. The van der Waals surface area contributed by atoms with Gasteiger partial charge in [-0.3, -0.25) is 0 Å². The molecule has 0 aliphatic heterocycles. The maximum atomic E-state index is 8.65. The van der Waals surface area contributed by atoms with Gasteiger partial charge in [0.2, 0.25) is 0 Å². The van der Waals surface area contributed by atoms with E-state index in [1.165, 1.54) is 12.8 Å². The third-order valence-corrected chi connectivity index (χ3v) is 1.18. The number of aliphatic hydroxyl groups is 1. The van der Waals surface area contributed by atoms with Crippen LogP contribution in [0.1, 0.15) is 25.7 Å². The predicted molar refractivity (Wildman–Crippen MR) is 23.6 cm³/mol. The minimum atomic E-state index is 0.704. The molecule has 1 saturated carbocycles. The highest BCUT2D eigenvalue weighted by atomic mass is 16.3. The summed E-state index contributed by atoms with van der Waals surface area (Å²) < 4.78 is 0. The maximum absolute atomic E-state index is 8.65. The van der Waals surface area contributed by atoms with Crippen molar-refractivity contribution in [1.82, 2.24) is 0 Å². The first-order valence-corrected chi connectivity index (χ1v) is 2.43. The maximum Gasteiger partial charge on any atom is 0.0933 e. The Morgan fingerprint density at radius 2 is 1.67 bits per heavy atom. The van der Waals surface area contributed by atoms with E-state index in [0.717, 1.165) is 12.8 Å². The van der Waals surface area contributed by atoms with Crippen molar-refractivity contribution >= 4 is 0 Å². The van der Waals surface area contributed by atoms with Crippen molar-refractivity contribution in [2.24, 2.45) is 0 Å². The highest BCUT2D eigenvalue weighted by molar-refractivity contribution is 4.80. The summed E-state index contributed by atoms with van der Waals surface area (Å²) in [5, 5.41) is 8.65. The van der Waals surface area contributed by atoms with E-state index >= 15 is 0 Å². The van der Waals surface area contributed by atoms with Gasteiger partial charge in [-0.1, -0.05) is 12.8 Å². The molecule has 1 fully saturated rings. The van der Waals surface area contributed by atoms with Crippen LogP contribution in [0.25, 0.3) is 0 Å². The molecule has 0 amide bonds. The molecule has 0 saturated heterocycles. The third-order valence-electron chi connectivity index (χ3n) is 1.18. The molecule has 6 heavy (non-hydrogen) atoms. The second-order valence-electron chi connectivity index (χ2n) is 1.77. The number of hydrogen-bond acceptors (Lipinski definition) is 1. The molecule has 1 radical (unpaired) electrons. The lowest BCUT2D eigenvalue weighted by Crippen LogP contribution is -1.81. The molecule has 0 bridgehead atoms. The molecule has 35 valence electrons. The van der Waals surface area contributed by atoms with Crippen LogP contribution in [0.4, 0.5) is 0 Å². The van der Waals surface area contributed by atoms with Gasteiger partial charge in [0.1, 0.15) is 0 Å². The highest BCUT2D eigenvalue weighted by Gasteiger charge is 2.10. The normalized spacial score (nSPS) is 25.5. The van der Waals surface area contributed by atoms with E-state index in [-0.39, 0.29) is 0 Å². The van der Waals surface area contributed by atoms with Gasteiger partial charge < -0.3 is 5.11 Å². The van der Waals surface area contributed by atoms with Crippen molar-refractivity contribution in [3.8, 4) is 0 Å². The van der Waals surface area contributed by atoms with Crippen molar-refractivity contribution in [1.29, 1.82) is 0 Å². The lowest BCUT2D eigenvalue weighted by molar-refractivity contribution is 0.296. The summed E-state index contributed by atoms with van der Waals surface area (Å²) in [6.45, 7) is 0. The van der Waals surface area contributed by atoms with E-state index in [1.54, 1.807) is 0 Å². The van der Waals surface area contributed by atoms with E-state index in [2.05, 4.69) is 0 Å². The van der Waals surface area contributed by atoms with Crippen molar-refractivity contribution in [3.05, 3.63) is 6.10 Å². The topological polar surface area (TPSA) is 20.2 Å². The van der Waals surface area contributed by atoms with Crippen LogP contribution < -0.4 is 0 Å². The molecule has 0 aromatic rings. The largest absolute Gasteiger partial charge is 0.387 e. The van der Waals surface area contributed by atoms with Crippen LogP contribution in [0.15, 0.2) is 0 Å². The summed E-state index contributed by atoms with van der Waals surface area (Å²) in [5.74, 6) is 0. The molecule has 0 aromatic carbocycles. The van der Waals surface area contributed by atoms with Gasteiger partial charge in [0.05, 0.1) is 6.10 Å². The van der Waals surface area contributed by atoms with Gasteiger partial charge in [0.15, 0.2) is 0 Å². The summed E-state index contributed by atoms with van der Waals surface area (Å²) in [5.41, 5.74) is 0. The van der Waals surface area contributed by atoms with E-state index in [4.69, 9.17) is 5.11 Å². The van der Waals surface area contributed by atoms with E-state index in [1.807, 2.05) is 0 Å². The van der Waals surface area contributed by atoms with Gasteiger partial charge in [-0.15, -0.1) is 0 Å². The molecule has 1 aliphatic carbocycles. The van der Waals surface area contributed by atoms with Crippen LogP contribution in [-0.4, -0.2) is 5.11 Å². The minimum absolute atomic E-state index is 0.704. The molecule has 0 unspecified atom stereocenters. The molecule has 0 heterocycles. The van der Waals surface area contributed by atoms with Crippen LogP contribution in [0.5, 0.6) is 0 Å². The fraction of sp³-hybridized carbons (Fsp3) is 0.800. The zero-order valence-corrected chi connectivity index (χ0v) is 3.78. The fourth-order valence-corrected chi connectivity index (χ4v) is 0.783. The average Bonchev–Trinajstić information content (AvgIpc) is 1.86. The lowest BCUT2D eigenvalue weighted by Gasteiger charge is -1.89. The summed E-state index contributed by atoms with van der Waals surface area (Å²) in [4.78, 5) is 0. The molecule has 1 rings (SSSR count). The standard InChI is InChI=1S/C5H9O/c6-5-3-1-2-4-5/h6H,1-4H2. The number of aliphatic hydroxyl groups excluding tert-OH is 1. The van der Waals surface area contributed by atoms with Gasteiger partial charge in [-0.25, -0.2) is 0 Å². The fourth-order valence-electron chi connectivity index (χ4n) is 0.783. The number of rotatable bonds is 0. The Balaban J connectivity index is 2.18. The summed E-state index contributed by atoms with van der Waals surface area (Å²) in [6.07, 6.45) is 5.02. The smallest absolute Gasteiger partial charge is 0.0933 e. The minimum Gasteiger partial charge on any atom is -0.387 e. The monoisotopic (exact) mass is 85.1 g/mol. The summed E-state index contributed by atoms with van der Waals surface area (Å²) in [7, 11) is 0. The van der Waals surface area contributed by atoms with Crippen molar-refractivity contribution in [2.75, 3.05) is 0 Å². The second kappa shape index (κ2) is 1.61. The molecule has 0 spiro atoms. The van der Waals surface area contributed by atoms with Gasteiger partial charge in [-0.05, 0) is 12.8 Å². The zero-order chi connectivity index (χ0) is 4.41. The lowest BCUT2D eigenvalue weighted by atomic mass is 10.3. The van der Waals surface area contributed by atoms with Crippen LogP contribution in [0.3, 0.4) is 0 Å². The predicted octanol–water partition coefficient (Wildman–Crippen LogP) is 1.46. The van der Waals surface area contributed by atoms with Gasteiger partial charge in [0.25, 0.3) is 0 Å². The first-order chi connectivity index (χ1) is 2.89. The quantitative estimate of drug-likeness (QED) is 0.472. The Hall–Kier alpha value is -0.0400. The molecule has 1 nitrogen and oxygen atoms in total. The molecular weight excluding hydrogens is 76.1 g/mol. The van der Waals surface area contributed by atoms with E-state index in [9.17, 15) is 0 Å². The van der Waals surface area contributed by atoms with E-state index < -0.39 is 0 Å². The third kappa shape index (κ3) is 0.716. The van der Waals surface area contributed by atoms with Crippen molar-refractivity contribution < 1.29 is 5.11 Å². The molecule has 1 heteroatoms. The molecule has 1 N–H and O–H groups in total. The van der Waals surface area contributed by atoms with Crippen LogP contribution in [0, 0.1) is 6.10 Å². The van der Waals surface area contributed by atoms with Gasteiger partial charge in [0, 0.05) is 0 Å². The van der Waals surface area contributed by atoms with Gasteiger partial charge in [-0.2, -0.15) is 0 Å². The van der Waals surface area contributed by atoms with Crippen LogP contribution >= 0.6 is 0 Å². The van der Waals surface area contributed by atoms with E-state index in [0.29, 0.717) is 6.10 Å². The SMILES string of the molecule is O[C]1CCCC1. The molecule has 1 aliphatic rings. The van der Waals surface area contributed by atoms with Gasteiger partial charge >= 0.3 is 0 Å². The zero-order valence-electron chi connectivity index (χ0n) is 3.78. The van der Waals surface area contributed by atoms with Crippen LogP contribution in [-0.2, 0) is 0 Å². The first kappa shape index (κ1) is 4.13. The Morgan fingerprint density at radius 1 is 1.17 bits per heavy atom. The molecular formula is C5H9O. The Labute approximate surface area is 38.0 Å². The van der Waals surface area contributed by atoms with Crippen LogP contribution in [0.2, 0.25) is 0 Å². The average molecular weight is 85.1 g/mol. The molecule has 0 atom stereocenters. The Kier molecular flexibility index (Phi) is 1.10. The second-order valence-corrected chi connectivity index (χ2v) is 1.77. The Bertz CT molecular complexity index is 37.2. The summed E-state index contributed by atoms with van der Waals surface area (Å²) >= 11 is 0. The molecule has 0 aromatic heterocycles. The summed E-state index contributed by atoms with van der Waals surface area (Å²) in [6, 6.07) is 0. The van der Waals surface area contributed by atoms with Crippen molar-refractivity contribution in [3.63, 3.8) is 0 Å². The Morgan fingerprint density at radius 3 is 1.83 bits per heavy atom. The van der Waals surface area contributed by atoms with Crippen molar-refractivity contribution in [2.45, 2.75) is 25.7 Å². The first-order valence-electron chi connectivity index (χ1n) is 2.43. The highest BCUT2D eigenvalue weighted by Crippen LogP contribution is 2.22.